The molecule has 0 spiro atoms. The second-order valence-electron chi connectivity index (χ2n) is 11.7. The van der Waals surface area contributed by atoms with Gasteiger partial charge in [-0.25, -0.2) is 8.42 Å². The number of phenolic OH excluding ortho intramolecular Hbond substituents is 2. The van der Waals surface area contributed by atoms with Crippen molar-refractivity contribution in [3.05, 3.63) is 77.9 Å². The third-order valence-corrected chi connectivity index (χ3v) is 10.5. The predicted octanol–water partition coefficient (Wildman–Crippen LogP) is 5.67. The minimum Gasteiger partial charge on any atom is -0.504 e. The monoisotopic (exact) mass is 606 g/mol. The van der Waals surface area contributed by atoms with Crippen LogP contribution in [-0.2, 0) is 16.4 Å². The molecule has 2 fully saturated rings. The van der Waals surface area contributed by atoms with Crippen molar-refractivity contribution in [3.8, 4) is 17.2 Å². The van der Waals surface area contributed by atoms with Gasteiger partial charge in [-0.15, -0.1) is 0 Å². The van der Waals surface area contributed by atoms with Gasteiger partial charge < -0.3 is 19.8 Å². The van der Waals surface area contributed by atoms with E-state index >= 15 is 0 Å². The molecule has 0 saturated carbocycles. The molecular weight excluding hydrogens is 564 g/mol. The van der Waals surface area contributed by atoms with E-state index in [-0.39, 0.29) is 27.2 Å². The van der Waals surface area contributed by atoms with Gasteiger partial charge in [-0.05, 0) is 100 Å². The van der Waals surface area contributed by atoms with Gasteiger partial charge in [0.2, 0.25) is 9.84 Å². The zero-order valence-corrected chi connectivity index (χ0v) is 25.6. The number of rotatable bonds is 11. The Hall–Kier alpha value is -3.40. The number of unbranched alkanes of at least 4 members (excludes halogenated alkanes) is 1. The van der Waals surface area contributed by atoms with Crippen LogP contribution in [-0.4, -0.2) is 73.0 Å². The van der Waals surface area contributed by atoms with E-state index in [1.54, 1.807) is 12.1 Å². The van der Waals surface area contributed by atoms with Crippen LogP contribution in [0.25, 0.3) is 0 Å². The Bertz CT molecular complexity index is 1470. The van der Waals surface area contributed by atoms with Gasteiger partial charge in [0.05, 0.1) is 16.4 Å². The maximum Gasteiger partial charge on any atom is 0.206 e. The Balaban J connectivity index is 1.08. The van der Waals surface area contributed by atoms with E-state index < -0.39 is 15.6 Å². The largest absolute Gasteiger partial charge is 0.504 e. The Morgan fingerprint density at radius 2 is 1.49 bits per heavy atom. The molecule has 2 N–H and O–H groups in total. The zero-order chi connectivity index (χ0) is 30.4. The highest BCUT2D eigenvalue weighted by Crippen LogP contribution is 2.31. The topological polar surface area (TPSA) is 107 Å². The van der Waals surface area contributed by atoms with Gasteiger partial charge in [-0.3, -0.25) is 9.69 Å². The third-order valence-electron chi connectivity index (χ3n) is 8.78. The molecular formula is C34H42N2O6S. The number of benzene rings is 3. The van der Waals surface area contributed by atoms with Gasteiger partial charge in [0, 0.05) is 30.1 Å². The van der Waals surface area contributed by atoms with Crippen LogP contribution in [0, 0.1) is 5.92 Å². The van der Waals surface area contributed by atoms with E-state index in [1.165, 1.54) is 23.8 Å². The van der Waals surface area contributed by atoms with E-state index in [0.717, 1.165) is 95.7 Å². The lowest BCUT2D eigenvalue weighted by molar-refractivity contribution is 0.0640. The van der Waals surface area contributed by atoms with Crippen molar-refractivity contribution in [2.45, 2.75) is 67.8 Å². The van der Waals surface area contributed by atoms with Crippen LogP contribution in [0.15, 0.2) is 76.5 Å². The van der Waals surface area contributed by atoms with Crippen molar-refractivity contribution in [1.29, 1.82) is 0 Å². The number of Topliss-reactive ketones (excluding diaryl/α,β-unsaturated/α-hetero) is 1. The van der Waals surface area contributed by atoms with Crippen LogP contribution in [0.4, 0.5) is 0 Å². The maximum absolute atomic E-state index is 13.3. The lowest BCUT2D eigenvalue weighted by Crippen LogP contribution is -2.48. The quantitative estimate of drug-likeness (QED) is 0.163. The van der Waals surface area contributed by atoms with Crippen molar-refractivity contribution in [2.75, 3.05) is 32.8 Å². The highest BCUT2D eigenvalue weighted by atomic mass is 32.2. The number of nitrogens with zero attached hydrogens (tertiary/aromatic N) is 2. The van der Waals surface area contributed by atoms with Crippen molar-refractivity contribution in [2.24, 2.45) is 5.92 Å². The van der Waals surface area contributed by atoms with Gasteiger partial charge in [-0.2, -0.15) is 0 Å². The average Bonchev–Trinajstić information content (AvgIpc) is 3.03. The summed E-state index contributed by atoms with van der Waals surface area (Å²) >= 11 is 0. The van der Waals surface area contributed by atoms with Gasteiger partial charge in [-0.1, -0.05) is 37.6 Å². The van der Waals surface area contributed by atoms with Crippen molar-refractivity contribution in [3.63, 3.8) is 0 Å². The Labute approximate surface area is 254 Å². The van der Waals surface area contributed by atoms with Gasteiger partial charge in [0.1, 0.15) is 5.75 Å². The lowest BCUT2D eigenvalue weighted by Gasteiger charge is -2.41. The normalized spacial score (nSPS) is 17.6. The number of hydrogen-bond donors (Lipinski definition) is 2. The second-order valence-corrected chi connectivity index (χ2v) is 13.7. The summed E-state index contributed by atoms with van der Waals surface area (Å²) in [5, 5.41) is 19.2. The highest BCUT2D eigenvalue weighted by Gasteiger charge is 2.31. The van der Waals surface area contributed by atoms with Gasteiger partial charge in [0.25, 0.3) is 0 Å². The molecule has 2 heterocycles. The van der Waals surface area contributed by atoms with Crippen LogP contribution >= 0.6 is 0 Å². The smallest absolute Gasteiger partial charge is 0.206 e. The van der Waals surface area contributed by atoms with Gasteiger partial charge >= 0.3 is 0 Å². The van der Waals surface area contributed by atoms with Crippen molar-refractivity contribution >= 4 is 15.6 Å². The maximum atomic E-state index is 13.3. The van der Waals surface area contributed by atoms with Crippen LogP contribution in [0.5, 0.6) is 17.2 Å². The number of carbonyl (C=O) groups excluding carboxylic acids is 1. The summed E-state index contributed by atoms with van der Waals surface area (Å²) in [7, 11) is -3.89. The molecule has 0 bridgehead atoms. The fourth-order valence-electron chi connectivity index (χ4n) is 6.09. The molecule has 0 atom stereocenters. The number of aromatic hydroxyl groups is 2. The molecule has 0 radical (unpaired) electrons. The van der Waals surface area contributed by atoms with Crippen LogP contribution in [0.3, 0.4) is 0 Å². The number of phenols is 2. The highest BCUT2D eigenvalue weighted by molar-refractivity contribution is 7.91. The number of ketones is 1. The number of likely N-dealkylation sites (tertiary alicyclic amines) is 2. The number of ether oxygens (including phenoxy) is 1. The molecule has 3 aromatic rings. The fourth-order valence-corrected chi connectivity index (χ4v) is 7.37. The fraction of sp³-hybridized carbons (Fsp3) is 0.441. The summed E-state index contributed by atoms with van der Waals surface area (Å²) in [4.78, 5) is 18.2. The summed E-state index contributed by atoms with van der Waals surface area (Å²) in [6.07, 6.45) is 6.08. The predicted molar refractivity (Wildman–Crippen MR) is 165 cm³/mol. The minimum absolute atomic E-state index is 0.0312. The Kier molecular flexibility index (Phi) is 10.1. The molecule has 2 aliphatic heterocycles. The first-order valence-corrected chi connectivity index (χ1v) is 16.8. The molecule has 2 saturated heterocycles. The molecule has 8 nitrogen and oxygen atoms in total. The summed E-state index contributed by atoms with van der Waals surface area (Å²) in [6.45, 7) is 7.82. The van der Waals surface area contributed by atoms with E-state index in [2.05, 4.69) is 41.0 Å². The number of carbonyl (C=O) groups is 1. The molecule has 230 valence electrons. The first-order valence-electron chi connectivity index (χ1n) is 15.3. The first-order chi connectivity index (χ1) is 20.7. The molecule has 9 heteroatoms. The summed E-state index contributed by atoms with van der Waals surface area (Å²) in [5.74, 6) is 0.0425. The minimum atomic E-state index is -3.89. The second kappa shape index (κ2) is 13.9. The molecule has 2 aliphatic rings. The molecule has 0 aromatic heterocycles. The molecule has 3 aromatic carbocycles. The van der Waals surface area contributed by atoms with Crippen LogP contribution in [0.2, 0.25) is 0 Å². The van der Waals surface area contributed by atoms with E-state index in [4.69, 9.17) is 4.74 Å². The number of sulfone groups is 1. The Morgan fingerprint density at radius 1 is 0.837 bits per heavy atom. The SMILES string of the molecule is CCCCOc1ccc(CN2CCC(N3CCC(C(=O)c4ccc(S(=O)(=O)c5ccc(O)c(O)c5)cc4)CC3)CC2)cc1. The van der Waals surface area contributed by atoms with E-state index in [0.29, 0.717) is 11.6 Å². The molecule has 0 aliphatic carbocycles. The zero-order valence-electron chi connectivity index (χ0n) is 24.8. The summed E-state index contributed by atoms with van der Waals surface area (Å²) < 4.78 is 31.7. The van der Waals surface area contributed by atoms with Crippen molar-refractivity contribution in [1.82, 2.24) is 9.80 Å². The average molecular weight is 607 g/mol. The first kappa shape index (κ1) is 31.0. The van der Waals surface area contributed by atoms with Gasteiger partial charge in [0.15, 0.2) is 17.3 Å². The molecule has 0 unspecified atom stereocenters. The summed E-state index contributed by atoms with van der Waals surface area (Å²) in [5.41, 5.74) is 1.82. The Morgan fingerprint density at radius 3 is 2.12 bits per heavy atom. The molecule has 0 amide bonds. The van der Waals surface area contributed by atoms with Crippen molar-refractivity contribution < 1.29 is 28.2 Å². The van der Waals surface area contributed by atoms with Crippen LogP contribution < -0.4 is 4.74 Å². The van der Waals surface area contributed by atoms with Crippen LogP contribution in [0.1, 0.15) is 61.4 Å². The lowest BCUT2D eigenvalue weighted by atomic mass is 9.87. The molecule has 43 heavy (non-hydrogen) atoms. The number of piperidine rings is 2. The molecule has 5 rings (SSSR count). The standard InChI is InChI=1S/C34H42N2O6S/c1-2-3-22-42-29-8-4-25(5-9-29)24-35-18-16-28(17-19-35)36-20-14-27(15-21-36)34(39)26-6-10-30(11-7-26)43(40,41)31-12-13-32(37)33(38)23-31/h4-13,23,27-28,37-38H,2-3,14-22,24H2,1H3. The van der Waals surface area contributed by atoms with E-state index in [1.807, 2.05) is 0 Å². The number of hydrogen-bond acceptors (Lipinski definition) is 8. The third kappa shape index (κ3) is 7.58. The summed E-state index contributed by atoms with van der Waals surface area (Å²) in [6, 6.07) is 18.5. The van der Waals surface area contributed by atoms with E-state index in [9.17, 15) is 23.4 Å².